The highest BCUT2D eigenvalue weighted by atomic mass is 35.5. The third-order valence-electron chi connectivity index (χ3n) is 4.38. The number of benzene rings is 3. The van der Waals surface area contributed by atoms with Crippen LogP contribution in [0.4, 0.5) is 0 Å². The van der Waals surface area contributed by atoms with Crippen molar-refractivity contribution in [2.45, 2.75) is 0 Å². The highest BCUT2D eigenvalue weighted by Crippen LogP contribution is 2.27. The molecule has 120 valence electrons. The van der Waals surface area contributed by atoms with E-state index in [1.165, 1.54) is 0 Å². The number of hydrogen-bond acceptors (Lipinski definition) is 2. The van der Waals surface area contributed by atoms with Gasteiger partial charge in [0.25, 0.3) is 5.56 Å². The Balaban J connectivity index is 2.10. The summed E-state index contributed by atoms with van der Waals surface area (Å²) in [7, 11) is 0. The number of para-hydroxylation sites is 2. The Morgan fingerprint density at radius 3 is 2.44 bits per heavy atom. The van der Waals surface area contributed by atoms with E-state index < -0.39 is 0 Å². The van der Waals surface area contributed by atoms with Crippen molar-refractivity contribution < 1.29 is 0 Å². The molecule has 0 amide bonds. The summed E-state index contributed by atoms with van der Waals surface area (Å²) in [6.45, 7) is 0. The lowest BCUT2D eigenvalue weighted by atomic mass is 10.2. The lowest BCUT2D eigenvalue weighted by Crippen LogP contribution is -2.20. The monoisotopic (exact) mass is 345 g/mol. The standard InChI is InChI=1S/C20H12ClN3O/c21-13-10-11-18-16(12-13)19-22-17-9-5-4-8-15(17)20(25)24(19)23(18)14-6-2-1-3-7-14/h1-12H. The van der Waals surface area contributed by atoms with Crippen molar-refractivity contribution in [1.82, 2.24) is 14.2 Å². The fourth-order valence-corrected chi connectivity index (χ4v) is 3.46. The molecule has 4 nitrogen and oxygen atoms in total. The van der Waals surface area contributed by atoms with Crippen LogP contribution in [0.1, 0.15) is 0 Å². The van der Waals surface area contributed by atoms with E-state index in [-0.39, 0.29) is 5.56 Å². The van der Waals surface area contributed by atoms with Gasteiger partial charge in [0.05, 0.1) is 22.1 Å². The molecule has 0 radical (unpaired) electrons. The van der Waals surface area contributed by atoms with Gasteiger partial charge < -0.3 is 0 Å². The number of rotatable bonds is 1. The Morgan fingerprint density at radius 1 is 0.840 bits per heavy atom. The Kier molecular flexibility index (Phi) is 2.96. The Bertz CT molecular complexity index is 1320. The number of hydrogen-bond donors (Lipinski definition) is 0. The Morgan fingerprint density at radius 2 is 1.60 bits per heavy atom. The van der Waals surface area contributed by atoms with Crippen LogP contribution in [0.25, 0.3) is 33.1 Å². The fourth-order valence-electron chi connectivity index (χ4n) is 3.29. The molecule has 0 aliphatic carbocycles. The third-order valence-corrected chi connectivity index (χ3v) is 4.62. The molecule has 0 bridgehead atoms. The Labute approximate surface area is 147 Å². The number of nitrogens with zero attached hydrogens (tertiary/aromatic N) is 3. The van der Waals surface area contributed by atoms with Crippen LogP contribution in [0.15, 0.2) is 77.6 Å². The topological polar surface area (TPSA) is 39.3 Å². The molecule has 0 saturated heterocycles. The van der Waals surface area contributed by atoms with Crippen LogP contribution in [-0.2, 0) is 0 Å². The van der Waals surface area contributed by atoms with Gasteiger partial charge in [-0.1, -0.05) is 41.9 Å². The van der Waals surface area contributed by atoms with E-state index >= 15 is 0 Å². The number of fused-ring (bicyclic) bond motifs is 4. The first-order chi connectivity index (χ1) is 12.2. The maximum atomic E-state index is 13.2. The van der Waals surface area contributed by atoms with Crippen molar-refractivity contribution in [2.24, 2.45) is 0 Å². The fraction of sp³-hybridized carbons (Fsp3) is 0. The summed E-state index contributed by atoms with van der Waals surface area (Å²) in [6.07, 6.45) is 0. The van der Waals surface area contributed by atoms with Gasteiger partial charge in [-0.3, -0.25) is 4.79 Å². The van der Waals surface area contributed by atoms with Crippen molar-refractivity contribution in [3.63, 3.8) is 0 Å². The average molecular weight is 346 g/mol. The molecule has 5 heteroatoms. The molecule has 0 unspecified atom stereocenters. The van der Waals surface area contributed by atoms with Gasteiger partial charge >= 0.3 is 0 Å². The summed E-state index contributed by atoms with van der Waals surface area (Å²) in [6, 6.07) is 22.8. The average Bonchev–Trinajstić information content (AvgIpc) is 2.97. The minimum atomic E-state index is -0.100. The summed E-state index contributed by atoms with van der Waals surface area (Å²) in [4.78, 5) is 17.9. The minimum Gasteiger partial charge on any atom is -0.267 e. The zero-order valence-corrected chi connectivity index (χ0v) is 13.8. The summed E-state index contributed by atoms with van der Waals surface area (Å²) in [5.74, 6) is 0. The number of halogens is 1. The van der Waals surface area contributed by atoms with E-state index in [1.54, 1.807) is 10.6 Å². The second kappa shape index (κ2) is 5.19. The lowest BCUT2D eigenvalue weighted by molar-refractivity contribution is 0.794. The van der Waals surface area contributed by atoms with Crippen LogP contribution in [0.3, 0.4) is 0 Å². The number of aromatic nitrogens is 3. The molecule has 2 heterocycles. The molecule has 0 saturated carbocycles. The molecule has 0 aliphatic rings. The smallest absolute Gasteiger partial charge is 0.267 e. The van der Waals surface area contributed by atoms with Gasteiger partial charge in [0, 0.05) is 10.4 Å². The van der Waals surface area contributed by atoms with Crippen molar-refractivity contribution in [3.8, 4) is 5.69 Å². The largest absolute Gasteiger partial charge is 0.281 e. The molecule has 5 rings (SSSR count). The summed E-state index contributed by atoms with van der Waals surface area (Å²) >= 11 is 6.21. The van der Waals surface area contributed by atoms with Gasteiger partial charge in [-0.15, -0.1) is 0 Å². The second-order valence-corrected chi connectivity index (χ2v) is 6.31. The maximum Gasteiger partial charge on any atom is 0.281 e. The molecule has 0 fully saturated rings. The summed E-state index contributed by atoms with van der Waals surface area (Å²) in [5, 5.41) is 2.05. The van der Waals surface area contributed by atoms with Crippen molar-refractivity contribution in [2.75, 3.05) is 0 Å². The first-order valence-corrected chi connectivity index (χ1v) is 8.29. The molecule has 0 spiro atoms. The molecule has 0 atom stereocenters. The molecule has 0 aliphatic heterocycles. The van der Waals surface area contributed by atoms with E-state index in [1.807, 2.05) is 71.4 Å². The maximum absolute atomic E-state index is 13.2. The van der Waals surface area contributed by atoms with Gasteiger partial charge in [-0.2, -0.15) is 4.52 Å². The van der Waals surface area contributed by atoms with Crippen LogP contribution >= 0.6 is 11.6 Å². The quantitative estimate of drug-likeness (QED) is 0.450. The van der Waals surface area contributed by atoms with Crippen molar-refractivity contribution >= 4 is 39.1 Å². The molecule has 0 N–H and O–H groups in total. The molecular formula is C20H12ClN3O. The zero-order valence-electron chi connectivity index (χ0n) is 13.1. The molecule has 5 aromatic rings. The van der Waals surface area contributed by atoms with Gasteiger partial charge in [0.2, 0.25) is 0 Å². The van der Waals surface area contributed by atoms with Crippen LogP contribution in [0.2, 0.25) is 5.02 Å². The predicted octanol–water partition coefficient (Wildman–Crippen LogP) is 4.45. The van der Waals surface area contributed by atoms with E-state index in [0.29, 0.717) is 21.6 Å². The molecule has 25 heavy (non-hydrogen) atoms. The highest BCUT2D eigenvalue weighted by Gasteiger charge is 2.17. The van der Waals surface area contributed by atoms with Crippen LogP contribution in [0.5, 0.6) is 0 Å². The lowest BCUT2D eigenvalue weighted by Gasteiger charge is -2.08. The van der Waals surface area contributed by atoms with E-state index in [9.17, 15) is 4.79 Å². The van der Waals surface area contributed by atoms with E-state index in [2.05, 4.69) is 0 Å². The summed E-state index contributed by atoms with van der Waals surface area (Å²) in [5.41, 5.74) is 2.96. The molecule has 3 aromatic carbocycles. The van der Waals surface area contributed by atoms with Gasteiger partial charge in [-0.05, 0) is 42.5 Å². The first-order valence-electron chi connectivity index (χ1n) is 7.91. The molecule has 2 aromatic heterocycles. The molecular weight excluding hydrogens is 334 g/mol. The normalized spacial score (nSPS) is 11.6. The van der Waals surface area contributed by atoms with Gasteiger partial charge in [0.15, 0.2) is 5.65 Å². The van der Waals surface area contributed by atoms with Crippen LogP contribution in [0, 0.1) is 0 Å². The third kappa shape index (κ3) is 2.01. The van der Waals surface area contributed by atoms with Gasteiger partial charge in [0.1, 0.15) is 0 Å². The first kappa shape index (κ1) is 14.3. The van der Waals surface area contributed by atoms with Crippen LogP contribution < -0.4 is 5.56 Å². The summed E-state index contributed by atoms with van der Waals surface area (Å²) < 4.78 is 3.52. The van der Waals surface area contributed by atoms with E-state index in [4.69, 9.17) is 16.6 Å². The van der Waals surface area contributed by atoms with Crippen molar-refractivity contribution in [3.05, 3.63) is 88.2 Å². The second-order valence-electron chi connectivity index (χ2n) is 5.88. The van der Waals surface area contributed by atoms with E-state index in [0.717, 1.165) is 16.6 Å². The van der Waals surface area contributed by atoms with Crippen molar-refractivity contribution in [1.29, 1.82) is 0 Å². The predicted molar refractivity (Wildman–Crippen MR) is 101 cm³/mol. The highest BCUT2D eigenvalue weighted by molar-refractivity contribution is 6.31. The minimum absolute atomic E-state index is 0.100. The zero-order chi connectivity index (χ0) is 17.0. The van der Waals surface area contributed by atoms with Crippen LogP contribution in [-0.4, -0.2) is 14.2 Å². The Hall–Kier alpha value is -3.11. The van der Waals surface area contributed by atoms with Gasteiger partial charge in [-0.25, -0.2) is 9.67 Å². The SMILES string of the molecule is O=c1c2ccccc2nc2c3cc(Cl)ccc3n(-c3ccccc3)n12.